The maximum absolute atomic E-state index is 5.81. The van der Waals surface area contributed by atoms with Crippen LogP contribution in [0.1, 0.15) is 42.6 Å². The lowest BCUT2D eigenvalue weighted by Crippen LogP contribution is -2.38. The molecule has 1 atom stereocenters. The number of ether oxygens (including phenoxy) is 2. The third-order valence-corrected chi connectivity index (χ3v) is 5.77. The van der Waals surface area contributed by atoms with Gasteiger partial charge in [0, 0.05) is 32.6 Å². The quantitative estimate of drug-likeness (QED) is 0.304. The predicted molar refractivity (Wildman–Crippen MR) is 129 cm³/mol. The van der Waals surface area contributed by atoms with Gasteiger partial charge in [-0.25, -0.2) is 9.98 Å². The second-order valence-corrected chi connectivity index (χ2v) is 8.62. The molecular formula is C23H37N5O2S. The first-order valence-corrected chi connectivity index (χ1v) is 11.6. The molecule has 0 bridgehead atoms. The van der Waals surface area contributed by atoms with Crippen LogP contribution in [0.25, 0.3) is 0 Å². The zero-order valence-electron chi connectivity index (χ0n) is 19.7. The molecule has 0 aliphatic heterocycles. The zero-order chi connectivity index (χ0) is 22.6. The minimum Gasteiger partial charge on any atom is -0.494 e. The zero-order valence-corrected chi connectivity index (χ0v) is 20.5. The molecule has 2 aromatic rings. The number of hydrogen-bond donors (Lipinski definition) is 1. The lowest BCUT2D eigenvalue weighted by molar-refractivity contribution is 0.119. The Balaban J connectivity index is 1.91. The standard InChI is InChI=1S/C23H37N5O2S/c1-7-24-23(28(5)16-20-17-31-22(26-20)18(2)29-6)25-15-19-9-11-21(12-10-19)30-14-8-13-27(3)4/h9-12,17-18H,7-8,13-16H2,1-6H3,(H,24,25). The molecule has 2 rings (SSSR count). The fraction of sp³-hybridized carbons (Fsp3) is 0.565. The van der Waals surface area contributed by atoms with Crippen molar-refractivity contribution in [2.45, 2.75) is 39.5 Å². The lowest BCUT2D eigenvalue weighted by Gasteiger charge is -2.21. The molecule has 0 fully saturated rings. The molecule has 0 aliphatic carbocycles. The van der Waals surface area contributed by atoms with Crippen LogP contribution in [0, 0.1) is 0 Å². The van der Waals surface area contributed by atoms with Gasteiger partial charge in [-0.3, -0.25) is 0 Å². The van der Waals surface area contributed by atoms with Crippen LogP contribution in [-0.2, 0) is 17.8 Å². The number of nitrogens with one attached hydrogen (secondary N) is 1. The Morgan fingerprint density at radius 2 is 1.97 bits per heavy atom. The minimum absolute atomic E-state index is 0.0193. The highest BCUT2D eigenvalue weighted by Crippen LogP contribution is 2.21. The smallest absolute Gasteiger partial charge is 0.194 e. The Kier molecular flexibility index (Phi) is 10.8. The van der Waals surface area contributed by atoms with E-state index in [1.54, 1.807) is 18.4 Å². The van der Waals surface area contributed by atoms with Gasteiger partial charge in [-0.05, 0) is 52.1 Å². The molecule has 0 saturated heterocycles. The van der Waals surface area contributed by atoms with Crippen LogP contribution in [-0.4, -0.2) is 68.7 Å². The molecule has 172 valence electrons. The number of guanidine groups is 1. The van der Waals surface area contributed by atoms with Crippen molar-refractivity contribution < 1.29 is 9.47 Å². The van der Waals surface area contributed by atoms with E-state index in [1.165, 1.54) is 0 Å². The van der Waals surface area contributed by atoms with Crippen LogP contribution in [0.5, 0.6) is 5.75 Å². The molecule has 1 N–H and O–H groups in total. The van der Waals surface area contributed by atoms with Crippen LogP contribution < -0.4 is 10.1 Å². The summed E-state index contributed by atoms with van der Waals surface area (Å²) in [5, 5.41) is 6.45. The molecule has 1 heterocycles. The summed E-state index contributed by atoms with van der Waals surface area (Å²) >= 11 is 1.63. The van der Waals surface area contributed by atoms with E-state index in [0.717, 1.165) is 54.1 Å². The van der Waals surface area contributed by atoms with Gasteiger partial charge in [-0.1, -0.05) is 12.1 Å². The number of nitrogens with zero attached hydrogens (tertiary/aromatic N) is 4. The summed E-state index contributed by atoms with van der Waals surface area (Å²) < 4.78 is 11.2. The fourth-order valence-electron chi connectivity index (χ4n) is 2.90. The topological polar surface area (TPSA) is 62.2 Å². The van der Waals surface area contributed by atoms with E-state index in [2.05, 4.69) is 58.6 Å². The molecule has 1 aromatic heterocycles. The van der Waals surface area contributed by atoms with E-state index in [9.17, 15) is 0 Å². The van der Waals surface area contributed by atoms with Gasteiger partial charge in [0.25, 0.3) is 0 Å². The lowest BCUT2D eigenvalue weighted by atomic mass is 10.2. The SMILES string of the molecule is CCNC(=NCc1ccc(OCCCN(C)C)cc1)N(C)Cc1csc(C(C)OC)n1. The first-order valence-electron chi connectivity index (χ1n) is 10.8. The Bertz CT molecular complexity index is 792. The maximum atomic E-state index is 5.81. The number of thiazole rings is 1. The Labute approximate surface area is 191 Å². The molecule has 0 aliphatic rings. The van der Waals surface area contributed by atoms with E-state index in [0.29, 0.717) is 13.1 Å². The molecular weight excluding hydrogens is 410 g/mol. The molecule has 0 radical (unpaired) electrons. The molecule has 8 heteroatoms. The molecule has 1 unspecified atom stereocenters. The summed E-state index contributed by atoms with van der Waals surface area (Å²) in [5.41, 5.74) is 2.17. The van der Waals surface area contributed by atoms with Crippen LogP contribution in [0.15, 0.2) is 34.6 Å². The van der Waals surface area contributed by atoms with Gasteiger partial charge >= 0.3 is 0 Å². The Morgan fingerprint density at radius 3 is 2.61 bits per heavy atom. The average Bonchev–Trinajstić information content (AvgIpc) is 3.22. The average molecular weight is 448 g/mol. The second kappa shape index (κ2) is 13.3. The summed E-state index contributed by atoms with van der Waals surface area (Å²) in [5.74, 6) is 1.76. The maximum Gasteiger partial charge on any atom is 0.194 e. The van der Waals surface area contributed by atoms with Crippen LogP contribution in [0.3, 0.4) is 0 Å². The minimum atomic E-state index is 0.0193. The molecule has 31 heavy (non-hydrogen) atoms. The van der Waals surface area contributed by atoms with E-state index >= 15 is 0 Å². The number of aromatic nitrogens is 1. The van der Waals surface area contributed by atoms with Gasteiger partial charge in [-0.2, -0.15) is 0 Å². The summed E-state index contributed by atoms with van der Waals surface area (Å²) in [6.07, 6.45) is 1.04. The molecule has 0 saturated carbocycles. The van der Waals surface area contributed by atoms with Gasteiger partial charge < -0.3 is 24.6 Å². The van der Waals surface area contributed by atoms with Gasteiger partial charge in [0.15, 0.2) is 5.96 Å². The van der Waals surface area contributed by atoms with Gasteiger partial charge in [0.05, 0.1) is 25.4 Å². The van der Waals surface area contributed by atoms with E-state index in [1.807, 2.05) is 26.1 Å². The normalized spacial score (nSPS) is 12.8. The number of methoxy groups -OCH3 is 1. The third kappa shape index (κ3) is 8.85. The number of benzene rings is 1. The monoisotopic (exact) mass is 447 g/mol. The summed E-state index contributed by atoms with van der Waals surface area (Å²) in [4.78, 5) is 13.7. The highest BCUT2D eigenvalue weighted by Gasteiger charge is 2.12. The highest BCUT2D eigenvalue weighted by atomic mass is 32.1. The van der Waals surface area contributed by atoms with Crippen molar-refractivity contribution in [3.8, 4) is 5.75 Å². The van der Waals surface area contributed by atoms with Crippen LogP contribution >= 0.6 is 11.3 Å². The molecule has 0 spiro atoms. The summed E-state index contributed by atoms with van der Waals surface area (Å²) in [6.45, 7) is 7.96. The number of aliphatic imine (C=N–C) groups is 1. The molecule has 0 amide bonds. The van der Waals surface area contributed by atoms with Crippen molar-refractivity contribution in [3.63, 3.8) is 0 Å². The fourth-order valence-corrected chi connectivity index (χ4v) is 3.74. The molecule has 1 aromatic carbocycles. The largest absolute Gasteiger partial charge is 0.494 e. The highest BCUT2D eigenvalue weighted by molar-refractivity contribution is 7.09. The summed E-state index contributed by atoms with van der Waals surface area (Å²) in [7, 11) is 7.89. The van der Waals surface area contributed by atoms with Crippen molar-refractivity contribution in [2.75, 3.05) is 47.9 Å². The number of hydrogen-bond acceptors (Lipinski definition) is 6. The van der Waals surface area contributed by atoms with Crippen molar-refractivity contribution >= 4 is 17.3 Å². The van der Waals surface area contributed by atoms with Crippen LogP contribution in [0.2, 0.25) is 0 Å². The van der Waals surface area contributed by atoms with Gasteiger partial charge in [-0.15, -0.1) is 11.3 Å². The second-order valence-electron chi connectivity index (χ2n) is 7.73. The van der Waals surface area contributed by atoms with Crippen molar-refractivity contribution in [1.82, 2.24) is 20.1 Å². The first-order chi connectivity index (χ1) is 14.9. The van der Waals surface area contributed by atoms with Crippen molar-refractivity contribution in [3.05, 3.63) is 45.9 Å². The number of rotatable bonds is 12. The summed E-state index contributed by atoms with van der Waals surface area (Å²) in [6, 6.07) is 8.19. The van der Waals surface area contributed by atoms with Crippen LogP contribution in [0.4, 0.5) is 0 Å². The molecule has 7 nitrogen and oxygen atoms in total. The van der Waals surface area contributed by atoms with Gasteiger partial charge in [0.1, 0.15) is 16.9 Å². The Hall–Kier alpha value is -2.16. The van der Waals surface area contributed by atoms with Gasteiger partial charge in [0.2, 0.25) is 0 Å². The van der Waals surface area contributed by atoms with E-state index < -0.39 is 0 Å². The third-order valence-electron chi connectivity index (χ3n) is 4.72. The van der Waals surface area contributed by atoms with E-state index in [-0.39, 0.29) is 6.10 Å². The van der Waals surface area contributed by atoms with E-state index in [4.69, 9.17) is 14.5 Å². The van der Waals surface area contributed by atoms with Crippen molar-refractivity contribution in [2.24, 2.45) is 4.99 Å². The predicted octanol–water partition coefficient (Wildman–Crippen LogP) is 3.78. The Morgan fingerprint density at radius 1 is 1.23 bits per heavy atom. The first kappa shape index (κ1) is 25.1. The van der Waals surface area contributed by atoms with Crippen molar-refractivity contribution in [1.29, 1.82) is 0 Å².